The van der Waals surface area contributed by atoms with Gasteiger partial charge in [-0.05, 0) is 55.4 Å². The topological polar surface area (TPSA) is 92.9 Å². The van der Waals surface area contributed by atoms with E-state index in [2.05, 4.69) is 18.2 Å². The zero-order valence-corrected chi connectivity index (χ0v) is 16.8. The standard InChI is InChI=1S/C19H26N2O2.C2HF3O2/c1-23-18-8-4-14(5-9-18)15-10-12-21(13-11-15)19(22)16-2-6-17(20)7-3-16;3-2(4,5)1(6)7/h4-5,8-10,16-17H,2-3,6-7,11-13,20H2,1H3;(H,6,7). The Morgan fingerprint density at radius 1 is 1.13 bits per heavy atom. The van der Waals surface area contributed by atoms with Crippen LogP contribution >= 0.6 is 0 Å². The number of carbonyl (C=O) groups excluding carboxylic acids is 1. The number of nitrogens with two attached hydrogens (primary N) is 1. The second-order valence-electron chi connectivity index (χ2n) is 7.41. The fourth-order valence-electron chi connectivity index (χ4n) is 3.56. The Hall–Kier alpha value is -2.55. The highest BCUT2D eigenvalue weighted by molar-refractivity contribution is 5.80. The fraction of sp³-hybridized carbons (Fsp3) is 0.524. The first-order valence-corrected chi connectivity index (χ1v) is 9.79. The lowest BCUT2D eigenvalue weighted by Crippen LogP contribution is -2.41. The summed E-state index contributed by atoms with van der Waals surface area (Å²) in [5, 5.41) is 7.12. The largest absolute Gasteiger partial charge is 0.497 e. The van der Waals surface area contributed by atoms with Gasteiger partial charge in [-0.1, -0.05) is 18.2 Å². The third-order valence-corrected chi connectivity index (χ3v) is 5.35. The van der Waals surface area contributed by atoms with E-state index in [1.54, 1.807) is 7.11 Å². The van der Waals surface area contributed by atoms with Crippen molar-refractivity contribution in [2.24, 2.45) is 11.7 Å². The maximum Gasteiger partial charge on any atom is 0.490 e. The number of rotatable bonds is 3. The molecule has 1 aromatic rings. The van der Waals surface area contributed by atoms with Crippen LogP contribution in [-0.4, -0.2) is 54.3 Å². The van der Waals surface area contributed by atoms with E-state index in [-0.39, 0.29) is 5.92 Å². The normalized spacial score (nSPS) is 21.8. The molecule has 9 heteroatoms. The summed E-state index contributed by atoms with van der Waals surface area (Å²) in [5.74, 6) is -1.38. The van der Waals surface area contributed by atoms with Crippen molar-refractivity contribution >= 4 is 17.4 Å². The van der Waals surface area contributed by atoms with Gasteiger partial charge in [-0.3, -0.25) is 4.79 Å². The second-order valence-corrected chi connectivity index (χ2v) is 7.41. The lowest BCUT2D eigenvalue weighted by Gasteiger charge is -2.33. The summed E-state index contributed by atoms with van der Waals surface area (Å²) < 4.78 is 36.9. The van der Waals surface area contributed by atoms with Gasteiger partial charge >= 0.3 is 12.1 Å². The van der Waals surface area contributed by atoms with E-state index in [4.69, 9.17) is 20.4 Å². The van der Waals surface area contributed by atoms with Crippen LogP contribution in [0.15, 0.2) is 30.3 Å². The quantitative estimate of drug-likeness (QED) is 0.769. The number of carboxylic acids is 1. The molecular formula is C21H27F3N2O4. The number of nitrogens with zero attached hydrogens (tertiary/aromatic N) is 1. The van der Waals surface area contributed by atoms with Crippen LogP contribution in [-0.2, 0) is 9.59 Å². The van der Waals surface area contributed by atoms with Gasteiger partial charge in [0.2, 0.25) is 5.91 Å². The third-order valence-electron chi connectivity index (χ3n) is 5.35. The van der Waals surface area contributed by atoms with Gasteiger partial charge in [0.15, 0.2) is 0 Å². The lowest BCUT2D eigenvalue weighted by atomic mass is 9.85. The third kappa shape index (κ3) is 6.76. The summed E-state index contributed by atoms with van der Waals surface area (Å²) in [7, 11) is 1.68. The molecule has 1 fully saturated rings. The summed E-state index contributed by atoms with van der Waals surface area (Å²) in [6.45, 7) is 1.54. The van der Waals surface area contributed by atoms with E-state index in [1.165, 1.54) is 11.1 Å². The van der Waals surface area contributed by atoms with Crippen LogP contribution in [0.2, 0.25) is 0 Å². The Balaban J connectivity index is 0.000000396. The van der Waals surface area contributed by atoms with Crippen molar-refractivity contribution < 1.29 is 32.6 Å². The van der Waals surface area contributed by atoms with E-state index in [0.29, 0.717) is 11.9 Å². The highest BCUT2D eigenvalue weighted by atomic mass is 19.4. The highest BCUT2D eigenvalue weighted by Crippen LogP contribution is 2.28. The first kappa shape index (κ1) is 23.7. The number of aliphatic carboxylic acids is 1. The lowest BCUT2D eigenvalue weighted by molar-refractivity contribution is -0.192. The summed E-state index contributed by atoms with van der Waals surface area (Å²) in [5.41, 5.74) is 8.48. The maximum atomic E-state index is 12.6. The molecule has 166 valence electrons. The van der Waals surface area contributed by atoms with Gasteiger partial charge in [0.05, 0.1) is 7.11 Å². The Morgan fingerprint density at radius 2 is 1.70 bits per heavy atom. The molecule has 0 radical (unpaired) electrons. The molecule has 6 nitrogen and oxygen atoms in total. The average Bonchev–Trinajstić information content (AvgIpc) is 2.74. The zero-order chi connectivity index (χ0) is 22.3. The number of hydrogen-bond donors (Lipinski definition) is 2. The van der Waals surface area contributed by atoms with Crippen molar-refractivity contribution in [2.75, 3.05) is 20.2 Å². The van der Waals surface area contributed by atoms with Crippen molar-refractivity contribution in [2.45, 2.75) is 44.3 Å². The fourth-order valence-corrected chi connectivity index (χ4v) is 3.56. The van der Waals surface area contributed by atoms with E-state index >= 15 is 0 Å². The number of carboxylic acid groups (broad SMARTS) is 1. The minimum absolute atomic E-state index is 0.186. The number of halogens is 3. The molecule has 1 aliphatic heterocycles. The molecule has 30 heavy (non-hydrogen) atoms. The molecular weight excluding hydrogens is 401 g/mol. The highest BCUT2D eigenvalue weighted by Gasteiger charge is 2.38. The van der Waals surface area contributed by atoms with E-state index in [0.717, 1.165) is 50.9 Å². The SMILES string of the molecule is COc1ccc(C2=CCN(C(=O)C3CCC(N)CC3)CC2)cc1.O=C(O)C(F)(F)F. The van der Waals surface area contributed by atoms with Crippen molar-refractivity contribution in [3.8, 4) is 5.75 Å². The van der Waals surface area contributed by atoms with Crippen molar-refractivity contribution in [3.05, 3.63) is 35.9 Å². The van der Waals surface area contributed by atoms with Crippen LogP contribution in [0.5, 0.6) is 5.75 Å². The molecule has 0 saturated heterocycles. The Labute approximate surface area is 173 Å². The van der Waals surface area contributed by atoms with Gasteiger partial charge in [-0.15, -0.1) is 0 Å². The molecule has 0 spiro atoms. The van der Waals surface area contributed by atoms with Crippen molar-refractivity contribution in [1.29, 1.82) is 0 Å². The molecule has 0 bridgehead atoms. The Morgan fingerprint density at radius 3 is 2.13 bits per heavy atom. The Bertz CT molecular complexity index is 755. The van der Waals surface area contributed by atoms with Crippen LogP contribution < -0.4 is 10.5 Å². The number of benzene rings is 1. The number of ether oxygens (including phenoxy) is 1. The van der Waals surface area contributed by atoms with E-state index < -0.39 is 12.1 Å². The number of amides is 1. The number of alkyl halides is 3. The van der Waals surface area contributed by atoms with Crippen molar-refractivity contribution in [3.63, 3.8) is 0 Å². The van der Waals surface area contributed by atoms with Gasteiger partial charge in [-0.2, -0.15) is 13.2 Å². The summed E-state index contributed by atoms with van der Waals surface area (Å²) >= 11 is 0. The zero-order valence-electron chi connectivity index (χ0n) is 16.8. The van der Waals surface area contributed by atoms with Gasteiger partial charge in [-0.25, -0.2) is 4.79 Å². The summed E-state index contributed by atoms with van der Waals surface area (Å²) in [6, 6.07) is 8.44. The molecule has 0 unspecified atom stereocenters. The van der Waals surface area contributed by atoms with Crippen LogP contribution in [0.1, 0.15) is 37.7 Å². The molecule has 1 amide bonds. The van der Waals surface area contributed by atoms with Crippen molar-refractivity contribution in [1.82, 2.24) is 4.90 Å². The van der Waals surface area contributed by atoms with Crippen LogP contribution in [0.4, 0.5) is 13.2 Å². The molecule has 2 aliphatic rings. The van der Waals surface area contributed by atoms with Gasteiger partial charge in [0.1, 0.15) is 5.75 Å². The van der Waals surface area contributed by atoms with Crippen LogP contribution in [0.3, 0.4) is 0 Å². The molecule has 0 aromatic heterocycles. The smallest absolute Gasteiger partial charge is 0.490 e. The van der Waals surface area contributed by atoms with Gasteiger partial charge < -0.3 is 20.5 Å². The number of hydrogen-bond acceptors (Lipinski definition) is 4. The second kappa shape index (κ2) is 10.5. The van der Waals surface area contributed by atoms with E-state index in [9.17, 15) is 18.0 Å². The first-order valence-electron chi connectivity index (χ1n) is 9.79. The van der Waals surface area contributed by atoms with Gasteiger partial charge in [0, 0.05) is 25.0 Å². The minimum Gasteiger partial charge on any atom is -0.497 e. The molecule has 1 aliphatic carbocycles. The molecule has 1 aromatic carbocycles. The Kier molecular flexibility index (Phi) is 8.28. The monoisotopic (exact) mass is 428 g/mol. The van der Waals surface area contributed by atoms with Gasteiger partial charge in [0.25, 0.3) is 0 Å². The molecule has 3 N–H and O–H groups in total. The molecule has 1 saturated carbocycles. The average molecular weight is 428 g/mol. The molecule has 1 heterocycles. The molecule has 3 rings (SSSR count). The number of methoxy groups -OCH3 is 1. The predicted octanol–water partition coefficient (Wildman–Crippen LogP) is 3.46. The van der Waals surface area contributed by atoms with Crippen LogP contribution in [0, 0.1) is 5.92 Å². The predicted molar refractivity (Wildman–Crippen MR) is 106 cm³/mol. The molecule has 0 atom stereocenters. The van der Waals surface area contributed by atoms with E-state index in [1.807, 2.05) is 17.0 Å². The first-order chi connectivity index (χ1) is 14.1. The number of carbonyl (C=O) groups is 2. The maximum absolute atomic E-state index is 12.6. The summed E-state index contributed by atoms with van der Waals surface area (Å²) in [6.07, 6.45) is 1.90. The summed E-state index contributed by atoms with van der Waals surface area (Å²) in [4.78, 5) is 23.5. The minimum atomic E-state index is -5.08. The van der Waals surface area contributed by atoms with Crippen LogP contribution in [0.25, 0.3) is 5.57 Å².